The predicted octanol–water partition coefficient (Wildman–Crippen LogP) is 8.19. The summed E-state index contributed by atoms with van der Waals surface area (Å²) in [6, 6.07) is 41.5. The molecule has 5 aromatic carbocycles. The summed E-state index contributed by atoms with van der Waals surface area (Å²) in [5.41, 5.74) is 10.7. The molecule has 41 heavy (non-hydrogen) atoms. The van der Waals surface area contributed by atoms with Gasteiger partial charge in [-0.15, -0.1) is 0 Å². The first-order valence-corrected chi connectivity index (χ1v) is 14.2. The van der Waals surface area contributed by atoms with E-state index in [1.165, 1.54) is 54.9 Å². The van der Waals surface area contributed by atoms with Crippen molar-refractivity contribution in [2.75, 3.05) is 10.7 Å². The minimum atomic E-state index is 0.0669. The maximum atomic E-state index is 6.85. The van der Waals surface area contributed by atoms with Crippen LogP contribution in [-0.2, 0) is 0 Å². The lowest BCUT2D eigenvalue weighted by Crippen LogP contribution is -2.25. The fourth-order valence-corrected chi connectivity index (χ4v) is 7.77. The Bertz CT molecular complexity index is 2390. The van der Waals surface area contributed by atoms with Crippen molar-refractivity contribution in [3.05, 3.63) is 133 Å². The van der Waals surface area contributed by atoms with Gasteiger partial charge in [-0.05, 0) is 48.0 Å². The number of hydrogen-bond acceptors (Lipinski definition) is 2. The molecule has 0 saturated heterocycles. The maximum Gasteiger partial charge on any atom is 0.121 e. The van der Waals surface area contributed by atoms with Gasteiger partial charge in [0.05, 0.1) is 33.1 Å². The highest BCUT2D eigenvalue weighted by Gasteiger charge is 2.42. The van der Waals surface area contributed by atoms with E-state index < -0.39 is 0 Å². The van der Waals surface area contributed by atoms with Gasteiger partial charge in [0.25, 0.3) is 0 Å². The normalized spacial score (nSPS) is 17.7. The Morgan fingerprint density at radius 3 is 2.05 bits per heavy atom. The quantitative estimate of drug-likeness (QED) is 0.230. The van der Waals surface area contributed by atoms with Crippen molar-refractivity contribution >= 4 is 60.3 Å². The number of rotatable bonds is 2. The van der Waals surface area contributed by atoms with Crippen LogP contribution in [0.4, 0.5) is 5.69 Å². The van der Waals surface area contributed by atoms with Crippen LogP contribution in [0.5, 0.6) is 0 Å². The van der Waals surface area contributed by atoms with Crippen LogP contribution >= 0.6 is 0 Å². The van der Waals surface area contributed by atoms with Crippen molar-refractivity contribution in [3.63, 3.8) is 0 Å². The van der Waals surface area contributed by atoms with Gasteiger partial charge < -0.3 is 19.9 Å². The number of nitrogens with two attached hydrogens (primary N) is 1. The average molecular weight is 528 g/mol. The second-order valence-corrected chi connectivity index (χ2v) is 11.2. The van der Waals surface area contributed by atoms with E-state index in [0.717, 1.165) is 16.7 Å². The van der Waals surface area contributed by atoms with E-state index >= 15 is 0 Å². The molecule has 0 bridgehead atoms. The molecule has 5 nitrogen and oxygen atoms in total. The molecule has 5 heteroatoms. The largest absolute Gasteiger partial charge is 0.339 e. The molecule has 5 heterocycles. The molecule has 0 amide bonds. The zero-order chi connectivity index (χ0) is 26.8. The number of para-hydroxylation sites is 3. The maximum absolute atomic E-state index is 6.85. The standard InChI is InChI=1S/C36H25N5/c37-41-29-17-9-15-27-31(29)32-30(41)19-18-24-25-20-21-38(22-10-3-1-4-11-22)36(25)40(33(24)32)34-26-14-7-8-16-28(26)39(35(27)34)23-12-5-2-6-13-23/h1-21,25,36H,37H2. The third-order valence-corrected chi connectivity index (χ3v) is 9.34. The first kappa shape index (κ1) is 21.4. The number of aromatic nitrogens is 3. The molecule has 0 fully saturated rings. The third kappa shape index (κ3) is 2.48. The number of nitrogens with zero attached hydrogens (tertiary/aromatic N) is 4. The summed E-state index contributed by atoms with van der Waals surface area (Å²) in [5.74, 6) is 7.08. The number of benzene rings is 5. The Hall–Kier alpha value is -5.42. The first-order chi connectivity index (χ1) is 20.3. The Morgan fingerprint density at radius 2 is 1.22 bits per heavy atom. The van der Waals surface area contributed by atoms with Crippen LogP contribution in [0.2, 0.25) is 0 Å². The van der Waals surface area contributed by atoms with E-state index in [1.54, 1.807) is 0 Å². The smallest absolute Gasteiger partial charge is 0.121 e. The van der Waals surface area contributed by atoms with Gasteiger partial charge in [-0.1, -0.05) is 78.9 Å². The van der Waals surface area contributed by atoms with Gasteiger partial charge in [0, 0.05) is 45.0 Å². The SMILES string of the molecule is Nn1c2cccc3c2c2c1ccc1c2n(c2c4ccccc4n(-c4ccccc4)c32)C2C1C=CN2c1ccccc1. The fraction of sp³-hybridized carbons (Fsp3) is 0.0556. The molecule has 2 aliphatic heterocycles. The van der Waals surface area contributed by atoms with Crippen LogP contribution in [0.25, 0.3) is 60.3 Å². The fourth-order valence-electron chi connectivity index (χ4n) is 7.77. The highest BCUT2D eigenvalue weighted by atomic mass is 15.3. The molecule has 0 aliphatic carbocycles. The Kier molecular flexibility index (Phi) is 3.86. The van der Waals surface area contributed by atoms with Crippen LogP contribution in [0.15, 0.2) is 128 Å². The summed E-state index contributed by atoms with van der Waals surface area (Å²) in [4.78, 5) is 2.45. The lowest BCUT2D eigenvalue weighted by atomic mass is 9.97. The molecule has 3 aromatic heterocycles. The monoisotopic (exact) mass is 527 g/mol. The molecule has 0 saturated carbocycles. The molecule has 2 atom stereocenters. The number of fused-ring (bicyclic) bond motifs is 8. The van der Waals surface area contributed by atoms with Crippen molar-refractivity contribution in [2.24, 2.45) is 0 Å². The average Bonchev–Trinajstić information content (AvgIpc) is 3.74. The van der Waals surface area contributed by atoms with Crippen molar-refractivity contribution in [1.82, 2.24) is 13.8 Å². The first-order valence-electron chi connectivity index (χ1n) is 14.2. The minimum absolute atomic E-state index is 0.0669. The van der Waals surface area contributed by atoms with Gasteiger partial charge in [0.1, 0.15) is 6.17 Å². The van der Waals surface area contributed by atoms with Crippen LogP contribution in [0.1, 0.15) is 17.6 Å². The van der Waals surface area contributed by atoms with Gasteiger partial charge in [-0.25, -0.2) is 0 Å². The number of anilines is 1. The zero-order valence-electron chi connectivity index (χ0n) is 22.1. The highest BCUT2D eigenvalue weighted by molar-refractivity contribution is 6.30. The van der Waals surface area contributed by atoms with Crippen molar-refractivity contribution < 1.29 is 0 Å². The third-order valence-electron chi connectivity index (χ3n) is 9.34. The van der Waals surface area contributed by atoms with Gasteiger partial charge in [-0.3, -0.25) is 4.68 Å². The molecular weight excluding hydrogens is 502 g/mol. The second-order valence-electron chi connectivity index (χ2n) is 11.2. The number of hydrogen-bond donors (Lipinski definition) is 1. The van der Waals surface area contributed by atoms with Crippen LogP contribution in [0, 0.1) is 0 Å². The zero-order valence-corrected chi connectivity index (χ0v) is 22.1. The van der Waals surface area contributed by atoms with Gasteiger partial charge in [0.2, 0.25) is 0 Å². The molecule has 194 valence electrons. The van der Waals surface area contributed by atoms with E-state index in [4.69, 9.17) is 5.84 Å². The lowest BCUT2D eigenvalue weighted by molar-refractivity contribution is 0.544. The van der Waals surface area contributed by atoms with Gasteiger partial charge in [-0.2, -0.15) is 0 Å². The Morgan fingerprint density at radius 1 is 0.537 bits per heavy atom. The van der Waals surface area contributed by atoms with Crippen LogP contribution in [-0.4, -0.2) is 13.8 Å². The Labute approximate surface area is 235 Å². The molecule has 10 rings (SSSR count). The molecule has 0 spiro atoms. The molecule has 2 aliphatic rings. The molecule has 2 N–H and O–H groups in total. The molecule has 8 aromatic rings. The van der Waals surface area contributed by atoms with E-state index in [9.17, 15) is 0 Å². The van der Waals surface area contributed by atoms with E-state index in [0.29, 0.717) is 0 Å². The molecule has 2 unspecified atom stereocenters. The summed E-state index contributed by atoms with van der Waals surface area (Å²) >= 11 is 0. The molecular formula is C36H25N5. The summed E-state index contributed by atoms with van der Waals surface area (Å²) in [6.45, 7) is 0. The summed E-state index contributed by atoms with van der Waals surface area (Å²) in [5, 5.41) is 4.92. The lowest BCUT2D eigenvalue weighted by Gasteiger charge is -2.28. The Balaban J connectivity index is 1.52. The highest BCUT2D eigenvalue weighted by Crippen LogP contribution is 2.54. The second kappa shape index (κ2) is 7.40. The molecule has 0 radical (unpaired) electrons. The summed E-state index contributed by atoms with van der Waals surface area (Å²) in [6.07, 6.45) is 4.72. The van der Waals surface area contributed by atoms with E-state index in [2.05, 4.69) is 142 Å². The van der Waals surface area contributed by atoms with E-state index in [1.807, 2.05) is 4.68 Å². The minimum Gasteiger partial charge on any atom is -0.339 e. The van der Waals surface area contributed by atoms with Crippen molar-refractivity contribution in [3.8, 4) is 5.69 Å². The number of nitrogen functional groups attached to an aromatic ring is 1. The predicted molar refractivity (Wildman–Crippen MR) is 169 cm³/mol. The topological polar surface area (TPSA) is 44.0 Å². The van der Waals surface area contributed by atoms with Gasteiger partial charge >= 0.3 is 0 Å². The van der Waals surface area contributed by atoms with Crippen LogP contribution in [0.3, 0.4) is 0 Å². The van der Waals surface area contributed by atoms with Crippen molar-refractivity contribution in [2.45, 2.75) is 12.1 Å². The summed E-state index contributed by atoms with van der Waals surface area (Å²) < 4.78 is 6.96. The van der Waals surface area contributed by atoms with Gasteiger partial charge in [0.15, 0.2) is 0 Å². The van der Waals surface area contributed by atoms with Crippen molar-refractivity contribution in [1.29, 1.82) is 0 Å². The summed E-state index contributed by atoms with van der Waals surface area (Å²) in [7, 11) is 0. The van der Waals surface area contributed by atoms with E-state index in [-0.39, 0.29) is 12.1 Å². The van der Waals surface area contributed by atoms with Crippen LogP contribution < -0.4 is 10.7 Å².